The molecule has 0 saturated heterocycles. The molecule has 1 aromatic rings. The highest BCUT2D eigenvalue weighted by Crippen LogP contribution is 2.26. The molecule has 21 heavy (non-hydrogen) atoms. The number of ether oxygens (including phenoxy) is 2. The molecular weight excluding hydrogens is 292 g/mol. The molecule has 2 rings (SSSR count). The van der Waals surface area contributed by atoms with Crippen LogP contribution in [-0.4, -0.2) is 36.5 Å². The molecule has 6 nitrogen and oxygen atoms in total. The Morgan fingerprint density at radius 1 is 1.29 bits per heavy atom. The molecule has 0 spiro atoms. The lowest BCUT2D eigenvalue weighted by atomic mass is 10.2. The van der Waals surface area contributed by atoms with Crippen molar-refractivity contribution in [2.45, 2.75) is 19.4 Å². The zero-order valence-electron chi connectivity index (χ0n) is 12.0. The predicted molar refractivity (Wildman–Crippen MR) is 81.1 cm³/mol. The van der Waals surface area contributed by atoms with Crippen molar-refractivity contribution < 1.29 is 19.1 Å². The van der Waals surface area contributed by atoms with Gasteiger partial charge in [0, 0.05) is 18.1 Å². The number of aliphatic imine (C=N–C) groups is 1. The van der Waals surface area contributed by atoms with Crippen LogP contribution in [0.25, 0.3) is 0 Å². The molecule has 0 aromatic heterocycles. The summed E-state index contributed by atoms with van der Waals surface area (Å²) in [5, 5.41) is 2.68. The number of benzene rings is 1. The van der Waals surface area contributed by atoms with Crippen molar-refractivity contribution in [3.8, 4) is 11.5 Å². The number of carbonyl (C=O) groups excluding carboxylic acids is 2. The van der Waals surface area contributed by atoms with Crippen molar-refractivity contribution in [2.24, 2.45) is 4.99 Å². The van der Waals surface area contributed by atoms with E-state index in [1.165, 1.54) is 14.2 Å². The Morgan fingerprint density at radius 2 is 1.90 bits per heavy atom. The highest BCUT2D eigenvalue weighted by atomic mass is 32.2. The normalized spacial score (nSPS) is 17.8. The molecule has 1 atom stereocenters. The van der Waals surface area contributed by atoms with Crippen LogP contribution < -0.4 is 14.8 Å². The van der Waals surface area contributed by atoms with Gasteiger partial charge in [-0.05, 0) is 30.8 Å². The number of carbonyl (C=O) groups is 2. The fourth-order valence-corrected chi connectivity index (χ4v) is 2.65. The molecule has 1 aromatic carbocycles. The summed E-state index contributed by atoms with van der Waals surface area (Å²) in [4.78, 5) is 28.0. The van der Waals surface area contributed by atoms with Gasteiger partial charge in [0.25, 0.3) is 0 Å². The molecule has 112 valence electrons. The summed E-state index contributed by atoms with van der Waals surface area (Å²) in [7, 11) is 3.03. The molecular formula is C14H16N2O4S. The Labute approximate surface area is 126 Å². The average molecular weight is 308 g/mol. The van der Waals surface area contributed by atoms with Gasteiger partial charge in [0.05, 0.1) is 20.3 Å². The smallest absolute Gasteiger partial charge is 0.228 e. The molecule has 0 saturated carbocycles. The maximum absolute atomic E-state index is 12.3. The Hall–Kier alpha value is -2.02. The van der Waals surface area contributed by atoms with Crippen LogP contribution in [0, 0.1) is 0 Å². The summed E-state index contributed by atoms with van der Waals surface area (Å²) in [5.41, 5.74) is 0.423. The minimum atomic E-state index is -0.236. The summed E-state index contributed by atoms with van der Waals surface area (Å²) < 4.78 is 10.3. The lowest BCUT2D eigenvalue weighted by molar-refractivity contribution is -0.120. The lowest BCUT2D eigenvalue weighted by Gasteiger charge is -2.16. The molecule has 1 amide bonds. The Kier molecular flexibility index (Phi) is 4.85. The third-order valence-electron chi connectivity index (χ3n) is 2.84. The number of amides is 1. The van der Waals surface area contributed by atoms with E-state index in [1.807, 2.05) is 6.92 Å². The second-order valence-electron chi connectivity index (χ2n) is 4.53. The molecule has 1 aliphatic heterocycles. The van der Waals surface area contributed by atoms with E-state index in [4.69, 9.17) is 9.47 Å². The summed E-state index contributed by atoms with van der Waals surface area (Å²) >= 11 is 0.888. The van der Waals surface area contributed by atoms with Crippen molar-refractivity contribution in [3.05, 3.63) is 23.8 Å². The molecule has 0 bridgehead atoms. The predicted octanol–water partition coefficient (Wildman–Crippen LogP) is 1.84. The topological polar surface area (TPSA) is 77.0 Å². The van der Waals surface area contributed by atoms with Gasteiger partial charge in [0.2, 0.25) is 11.0 Å². The van der Waals surface area contributed by atoms with Crippen LogP contribution in [0.15, 0.2) is 23.2 Å². The minimum absolute atomic E-state index is 0.117. The standard InChI is InChI=1S/C14H16N2O4S/c1-8-4-12(17)16-14(15-8)21-13(18)9-5-10(19-2)7-11(6-9)20-3/h5-8H,4H2,1-3H3,(H,15,16,17)/t8-/m1/s1. The van der Waals surface area contributed by atoms with Crippen molar-refractivity contribution in [2.75, 3.05) is 14.2 Å². The molecule has 0 aliphatic carbocycles. The van der Waals surface area contributed by atoms with E-state index in [0.717, 1.165) is 11.8 Å². The van der Waals surface area contributed by atoms with E-state index < -0.39 is 0 Å². The fourth-order valence-electron chi connectivity index (χ4n) is 1.84. The summed E-state index contributed by atoms with van der Waals surface area (Å²) in [6, 6.07) is 4.80. The molecule has 0 fully saturated rings. The van der Waals surface area contributed by atoms with Crippen LogP contribution in [-0.2, 0) is 4.79 Å². The highest BCUT2D eigenvalue weighted by Gasteiger charge is 2.21. The van der Waals surface area contributed by atoms with E-state index in [-0.39, 0.29) is 17.1 Å². The number of nitrogens with one attached hydrogen (secondary N) is 1. The van der Waals surface area contributed by atoms with E-state index in [1.54, 1.807) is 18.2 Å². The number of hydrogen-bond donors (Lipinski definition) is 1. The average Bonchev–Trinajstić information content (AvgIpc) is 2.45. The van der Waals surface area contributed by atoms with Gasteiger partial charge in [-0.2, -0.15) is 0 Å². The number of rotatable bonds is 3. The zero-order chi connectivity index (χ0) is 15.4. The Balaban J connectivity index is 2.18. The van der Waals surface area contributed by atoms with Crippen LogP contribution in [0.4, 0.5) is 0 Å². The maximum Gasteiger partial charge on any atom is 0.228 e. The van der Waals surface area contributed by atoms with Crippen molar-refractivity contribution >= 4 is 28.0 Å². The van der Waals surface area contributed by atoms with Crippen molar-refractivity contribution in [1.29, 1.82) is 0 Å². The van der Waals surface area contributed by atoms with Gasteiger partial charge in [-0.3, -0.25) is 14.6 Å². The van der Waals surface area contributed by atoms with E-state index in [2.05, 4.69) is 10.3 Å². The van der Waals surface area contributed by atoms with Gasteiger partial charge >= 0.3 is 0 Å². The molecule has 0 unspecified atom stereocenters. The first-order chi connectivity index (χ1) is 10.0. The van der Waals surface area contributed by atoms with Gasteiger partial charge < -0.3 is 14.8 Å². The summed E-state index contributed by atoms with van der Waals surface area (Å²) in [6.07, 6.45) is 0.339. The number of thioether (sulfide) groups is 1. The number of amidine groups is 1. The number of nitrogens with zero attached hydrogens (tertiary/aromatic N) is 1. The fraction of sp³-hybridized carbons (Fsp3) is 0.357. The quantitative estimate of drug-likeness (QED) is 0.922. The van der Waals surface area contributed by atoms with Gasteiger partial charge in [-0.1, -0.05) is 0 Å². The third-order valence-corrected chi connectivity index (χ3v) is 3.66. The second kappa shape index (κ2) is 6.62. The zero-order valence-corrected chi connectivity index (χ0v) is 12.8. The van der Waals surface area contributed by atoms with Crippen LogP contribution >= 0.6 is 11.8 Å². The largest absolute Gasteiger partial charge is 0.497 e. The maximum atomic E-state index is 12.3. The van der Waals surface area contributed by atoms with Crippen molar-refractivity contribution in [3.63, 3.8) is 0 Å². The third kappa shape index (κ3) is 3.98. The molecule has 0 radical (unpaired) electrons. The first kappa shape index (κ1) is 15.4. The van der Waals surface area contributed by atoms with Crippen LogP contribution in [0.3, 0.4) is 0 Å². The van der Waals surface area contributed by atoms with Crippen LogP contribution in [0.2, 0.25) is 0 Å². The van der Waals surface area contributed by atoms with E-state index >= 15 is 0 Å². The lowest BCUT2D eigenvalue weighted by Crippen LogP contribution is -2.36. The summed E-state index contributed by atoms with van der Waals surface area (Å²) in [5.74, 6) is 0.929. The van der Waals surface area contributed by atoms with Gasteiger partial charge in [-0.25, -0.2) is 0 Å². The van der Waals surface area contributed by atoms with Crippen LogP contribution in [0.5, 0.6) is 11.5 Å². The molecule has 1 aliphatic rings. The second-order valence-corrected chi connectivity index (χ2v) is 5.49. The SMILES string of the molecule is COc1cc(OC)cc(C(=O)SC2=N[C@H](C)CC(=O)N2)c1. The van der Waals surface area contributed by atoms with Crippen molar-refractivity contribution in [1.82, 2.24) is 5.32 Å². The first-order valence-corrected chi connectivity index (χ1v) is 7.16. The van der Waals surface area contributed by atoms with Crippen LogP contribution in [0.1, 0.15) is 23.7 Å². The van der Waals surface area contributed by atoms with E-state index in [9.17, 15) is 9.59 Å². The Morgan fingerprint density at radius 3 is 2.43 bits per heavy atom. The minimum Gasteiger partial charge on any atom is -0.497 e. The summed E-state index contributed by atoms with van der Waals surface area (Å²) in [6.45, 7) is 1.83. The molecule has 1 N–H and O–H groups in total. The Bertz CT molecular complexity index is 578. The molecule has 1 heterocycles. The number of hydrogen-bond acceptors (Lipinski definition) is 6. The number of methoxy groups -OCH3 is 2. The van der Waals surface area contributed by atoms with Gasteiger partial charge in [-0.15, -0.1) is 0 Å². The van der Waals surface area contributed by atoms with Gasteiger partial charge in [0.1, 0.15) is 11.5 Å². The monoisotopic (exact) mass is 308 g/mol. The van der Waals surface area contributed by atoms with Gasteiger partial charge in [0.15, 0.2) is 5.17 Å². The first-order valence-electron chi connectivity index (χ1n) is 6.34. The molecule has 7 heteroatoms. The van der Waals surface area contributed by atoms with E-state index in [0.29, 0.717) is 28.7 Å². The highest BCUT2D eigenvalue weighted by molar-refractivity contribution is 8.26.